The minimum absolute atomic E-state index is 0.179. The highest BCUT2D eigenvalue weighted by Crippen LogP contribution is 2.29. The molecule has 1 aliphatic rings. The number of nitrogens with zero attached hydrogens (tertiary/aromatic N) is 2. The third-order valence-electron chi connectivity index (χ3n) is 3.45. The Morgan fingerprint density at radius 2 is 2.00 bits per heavy atom. The molecule has 0 spiro atoms. The summed E-state index contributed by atoms with van der Waals surface area (Å²) in [7, 11) is 0. The molecule has 1 aliphatic heterocycles. The van der Waals surface area contributed by atoms with Crippen LogP contribution in [0.25, 0.3) is 0 Å². The second-order valence-electron chi connectivity index (χ2n) is 5.12. The zero-order valence-corrected chi connectivity index (χ0v) is 12.6. The van der Waals surface area contributed by atoms with Gasteiger partial charge in [-0.2, -0.15) is 13.2 Å². The fourth-order valence-corrected chi connectivity index (χ4v) is 2.29. The number of hydrogen-bond acceptors (Lipinski definition) is 8. The number of halogens is 3. The molecule has 2 rings (SSSR count). The average molecular weight is 353 g/mol. The summed E-state index contributed by atoms with van der Waals surface area (Å²) in [5.41, 5.74) is -1.21. The summed E-state index contributed by atoms with van der Waals surface area (Å²) in [5.74, 6) is -0.267. The van der Waals surface area contributed by atoms with E-state index in [-0.39, 0.29) is 12.4 Å². The van der Waals surface area contributed by atoms with Crippen molar-refractivity contribution >= 4 is 5.82 Å². The highest BCUT2D eigenvalue weighted by atomic mass is 19.4. The van der Waals surface area contributed by atoms with Gasteiger partial charge in [0.15, 0.2) is 12.0 Å². The summed E-state index contributed by atoms with van der Waals surface area (Å²) in [6, 6.07) is -1.11. The lowest BCUT2D eigenvalue weighted by Gasteiger charge is -2.42. The molecular weight excluding hydrogens is 335 g/mol. The molecule has 0 aliphatic carbocycles. The molecule has 1 aromatic rings. The molecule has 0 bridgehead atoms. The van der Waals surface area contributed by atoms with Crippen molar-refractivity contribution in [2.75, 3.05) is 18.5 Å². The summed E-state index contributed by atoms with van der Waals surface area (Å²) in [5, 5.41) is 31.8. The Labute approximate surface area is 135 Å². The highest BCUT2D eigenvalue weighted by Gasteiger charge is 2.45. The predicted octanol–water partition coefficient (Wildman–Crippen LogP) is -0.249. The van der Waals surface area contributed by atoms with Gasteiger partial charge in [-0.15, -0.1) is 0 Å². The van der Waals surface area contributed by atoms with Crippen molar-refractivity contribution in [3.05, 3.63) is 18.1 Å². The number of aliphatic hydroxyl groups is 3. The molecule has 11 heteroatoms. The summed E-state index contributed by atoms with van der Waals surface area (Å²) in [6.45, 7) is 1.27. The van der Waals surface area contributed by atoms with Crippen LogP contribution in [0.15, 0.2) is 12.4 Å². The first kappa shape index (κ1) is 18.8. The molecule has 0 radical (unpaired) electrons. The molecule has 0 aromatic carbocycles. The average Bonchev–Trinajstić information content (AvgIpc) is 2.54. The Morgan fingerprint density at radius 1 is 1.29 bits per heavy atom. The Balaban J connectivity index is 2.22. The second-order valence-corrected chi connectivity index (χ2v) is 5.12. The van der Waals surface area contributed by atoms with Crippen LogP contribution >= 0.6 is 0 Å². The Hall–Kier alpha value is -1.53. The van der Waals surface area contributed by atoms with Crippen LogP contribution in [0.5, 0.6) is 0 Å². The number of aliphatic hydroxyl groups excluding tert-OH is 3. The van der Waals surface area contributed by atoms with E-state index in [9.17, 15) is 23.4 Å². The number of rotatable bonds is 5. The van der Waals surface area contributed by atoms with Crippen molar-refractivity contribution in [3.8, 4) is 0 Å². The molecule has 5 atom stereocenters. The smallest absolute Gasteiger partial charge is 0.394 e. The molecule has 1 aromatic heterocycles. The molecule has 0 amide bonds. The van der Waals surface area contributed by atoms with Gasteiger partial charge in [0.2, 0.25) is 0 Å². The van der Waals surface area contributed by atoms with Crippen LogP contribution in [0, 0.1) is 0 Å². The first-order valence-corrected chi connectivity index (χ1v) is 7.17. The third kappa shape index (κ3) is 4.11. The number of hydrogen-bond donors (Lipinski definition) is 4. The molecular formula is C13H18F3N3O5. The minimum Gasteiger partial charge on any atom is -0.394 e. The maximum Gasteiger partial charge on any atom is 0.434 e. The molecule has 8 nitrogen and oxygen atoms in total. The lowest BCUT2D eigenvalue weighted by molar-refractivity contribution is -0.260. The van der Waals surface area contributed by atoms with E-state index < -0.39 is 49.1 Å². The van der Waals surface area contributed by atoms with E-state index in [0.29, 0.717) is 6.20 Å². The van der Waals surface area contributed by atoms with Crippen molar-refractivity contribution in [1.29, 1.82) is 0 Å². The molecule has 24 heavy (non-hydrogen) atoms. The van der Waals surface area contributed by atoms with E-state index in [0.717, 1.165) is 6.20 Å². The summed E-state index contributed by atoms with van der Waals surface area (Å²) < 4.78 is 48.7. The van der Waals surface area contributed by atoms with Gasteiger partial charge in [0.25, 0.3) is 0 Å². The molecule has 2 heterocycles. The lowest BCUT2D eigenvalue weighted by Crippen LogP contribution is -2.61. The SMILES string of the molecule is CCO[C@@H]1O[C@H](CO)[C@H](O)[C@H](O)[C@H]1Nc1cncc(C(F)(F)F)n1. The lowest BCUT2D eigenvalue weighted by atomic mass is 9.97. The molecule has 136 valence electrons. The molecule has 0 saturated carbocycles. The number of anilines is 1. The summed E-state index contributed by atoms with van der Waals surface area (Å²) >= 11 is 0. The highest BCUT2D eigenvalue weighted by molar-refractivity contribution is 5.35. The maximum atomic E-state index is 12.7. The van der Waals surface area contributed by atoms with Crippen molar-refractivity contribution in [2.45, 2.75) is 43.7 Å². The number of nitrogens with one attached hydrogen (secondary N) is 1. The largest absolute Gasteiger partial charge is 0.434 e. The van der Waals surface area contributed by atoms with Crippen LogP contribution in [0.3, 0.4) is 0 Å². The quantitative estimate of drug-likeness (QED) is 0.573. The van der Waals surface area contributed by atoms with Crippen LogP contribution in [0.2, 0.25) is 0 Å². The fourth-order valence-electron chi connectivity index (χ4n) is 2.29. The zero-order chi connectivity index (χ0) is 17.9. The van der Waals surface area contributed by atoms with Gasteiger partial charge in [0.05, 0.1) is 19.0 Å². The maximum absolute atomic E-state index is 12.7. The molecule has 0 unspecified atom stereocenters. The Kier molecular flexibility index (Phi) is 5.93. The van der Waals surface area contributed by atoms with Crippen molar-refractivity contribution in [2.24, 2.45) is 0 Å². The topological polar surface area (TPSA) is 117 Å². The normalized spacial score (nSPS) is 31.0. The van der Waals surface area contributed by atoms with E-state index in [2.05, 4.69) is 15.3 Å². The monoisotopic (exact) mass is 353 g/mol. The van der Waals surface area contributed by atoms with Gasteiger partial charge in [-0.05, 0) is 6.92 Å². The van der Waals surface area contributed by atoms with Gasteiger partial charge in [-0.1, -0.05) is 0 Å². The number of ether oxygens (including phenoxy) is 2. The second kappa shape index (κ2) is 7.57. The first-order valence-electron chi connectivity index (χ1n) is 7.17. The van der Waals surface area contributed by atoms with E-state index in [4.69, 9.17) is 14.6 Å². The Morgan fingerprint density at radius 3 is 2.58 bits per heavy atom. The molecule has 4 N–H and O–H groups in total. The van der Waals surface area contributed by atoms with Gasteiger partial charge in [0, 0.05) is 6.61 Å². The standard InChI is InChI=1S/C13H18F3N3O5/c1-2-23-12-9(11(22)10(21)6(5-20)24-12)19-8-4-17-3-7(18-8)13(14,15)16/h3-4,6,9-12,20-22H,2,5H2,1H3,(H,18,19)/t6-,9-,10+,11-,12-/m1/s1. The van der Waals surface area contributed by atoms with Crippen molar-refractivity contribution in [3.63, 3.8) is 0 Å². The van der Waals surface area contributed by atoms with Gasteiger partial charge >= 0.3 is 6.18 Å². The van der Waals surface area contributed by atoms with Crippen LogP contribution in [-0.2, 0) is 15.7 Å². The predicted molar refractivity (Wildman–Crippen MR) is 73.8 cm³/mol. The summed E-state index contributed by atoms with van der Waals surface area (Å²) in [6.07, 6.45) is -8.19. The first-order chi connectivity index (χ1) is 11.3. The van der Waals surface area contributed by atoms with Gasteiger partial charge in [-0.3, -0.25) is 4.98 Å². The Bertz CT molecular complexity index is 548. The summed E-state index contributed by atoms with van der Waals surface area (Å²) in [4.78, 5) is 6.83. The van der Waals surface area contributed by atoms with Gasteiger partial charge in [0.1, 0.15) is 30.2 Å². The number of aromatic nitrogens is 2. The van der Waals surface area contributed by atoms with Crippen LogP contribution in [0.1, 0.15) is 12.6 Å². The van der Waals surface area contributed by atoms with E-state index in [1.807, 2.05) is 0 Å². The zero-order valence-electron chi connectivity index (χ0n) is 12.6. The fraction of sp³-hybridized carbons (Fsp3) is 0.692. The van der Waals surface area contributed by atoms with E-state index >= 15 is 0 Å². The van der Waals surface area contributed by atoms with Crippen LogP contribution < -0.4 is 5.32 Å². The van der Waals surface area contributed by atoms with E-state index in [1.165, 1.54) is 0 Å². The third-order valence-corrected chi connectivity index (χ3v) is 3.45. The van der Waals surface area contributed by atoms with Crippen molar-refractivity contribution < 1.29 is 38.0 Å². The van der Waals surface area contributed by atoms with Gasteiger partial charge in [-0.25, -0.2) is 4.98 Å². The van der Waals surface area contributed by atoms with Crippen LogP contribution in [0.4, 0.5) is 19.0 Å². The van der Waals surface area contributed by atoms with Gasteiger partial charge < -0.3 is 30.1 Å². The molecule has 1 saturated heterocycles. The molecule has 1 fully saturated rings. The minimum atomic E-state index is -4.67. The van der Waals surface area contributed by atoms with Crippen molar-refractivity contribution in [1.82, 2.24) is 9.97 Å². The van der Waals surface area contributed by atoms with E-state index in [1.54, 1.807) is 6.92 Å². The number of alkyl halides is 3. The van der Waals surface area contributed by atoms with Crippen LogP contribution in [-0.4, -0.2) is 69.1 Å².